The Morgan fingerprint density at radius 1 is 1.24 bits per heavy atom. The van der Waals surface area contributed by atoms with Crippen LogP contribution in [0.25, 0.3) is 11.3 Å². The van der Waals surface area contributed by atoms with Crippen LogP contribution in [0.5, 0.6) is 0 Å². The van der Waals surface area contributed by atoms with Crippen molar-refractivity contribution in [3.05, 3.63) is 44.4 Å². The Bertz CT molecular complexity index is 689. The van der Waals surface area contributed by atoms with Gasteiger partial charge in [0.2, 0.25) is 0 Å². The third-order valence-electron chi connectivity index (χ3n) is 2.58. The van der Waals surface area contributed by atoms with Crippen molar-refractivity contribution in [1.29, 1.82) is 0 Å². The summed E-state index contributed by atoms with van der Waals surface area (Å²) in [4.78, 5) is 12.3. The lowest BCUT2D eigenvalue weighted by Crippen LogP contribution is -2.27. The van der Waals surface area contributed by atoms with E-state index in [-0.39, 0.29) is 0 Å². The smallest absolute Gasteiger partial charge is 0.419 e. The molecule has 0 spiro atoms. The molecule has 0 saturated carbocycles. The molecule has 0 radical (unpaired) electrons. The largest absolute Gasteiger partial charge is 0.443 e. The SMILES string of the molecule is CC(C)(C)OC(=O)n1cc(Br)cc1-c1cc(Cl)ccc1Br. The van der Waals surface area contributed by atoms with Gasteiger partial charge < -0.3 is 4.74 Å². The lowest BCUT2D eigenvalue weighted by molar-refractivity contribution is 0.0540. The molecule has 0 unspecified atom stereocenters. The molecule has 3 nitrogen and oxygen atoms in total. The first kappa shape index (κ1) is 16.6. The summed E-state index contributed by atoms with van der Waals surface area (Å²) in [7, 11) is 0. The molecule has 1 aromatic carbocycles. The fourth-order valence-electron chi connectivity index (χ4n) is 1.79. The van der Waals surface area contributed by atoms with Gasteiger partial charge in [-0.3, -0.25) is 4.57 Å². The second-order valence-electron chi connectivity index (χ2n) is 5.52. The third kappa shape index (κ3) is 4.11. The highest BCUT2D eigenvalue weighted by atomic mass is 79.9. The van der Waals surface area contributed by atoms with Crippen molar-refractivity contribution in [2.24, 2.45) is 0 Å². The van der Waals surface area contributed by atoms with Crippen LogP contribution >= 0.6 is 43.5 Å². The van der Waals surface area contributed by atoms with E-state index >= 15 is 0 Å². The molecule has 1 heterocycles. The van der Waals surface area contributed by atoms with Gasteiger partial charge in [-0.25, -0.2) is 4.79 Å². The summed E-state index contributed by atoms with van der Waals surface area (Å²) in [5.41, 5.74) is 0.959. The summed E-state index contributed by atoms with van der Waals surface area (Å²) >= 11 is 12.9. The van der Waals surface area contributed by atoms with Gasteiger partial charge in [-0.2, -0.15) is 0 Å². The summed E-state index contributed by atoms with van der Waals surface area (Å²) in [6.45, 7) is 5.50. The predicted octanol–water partition coefficient (Wildman–Crippen LogP) is 6.12. The van der Waals surface area contributed by atoms with Gasteiger partial charge in [-0.05, 0) is 61.0 Å². The Labute approximate surface area is 145 Å². The lowest BCUT2D eigenvalue weighted by atomic mass is 10.1. The molecule has 0 aliphatic rings. The van der Waals surface area contributed by atoms with Crippen LogP contribution in [0.3, 0.4) is 0 Å². The fraction of sp³-hybridized carbons (Fsp3) is 0.267. The number of hydrogen-bond donors (Lipinski definition) is 0. The van der Waals surface area contributed by atoms with Crippen molar-refractivity contribution in [1.82, 2.24) is 4.57 Å². The van der Waals surface area contributed by atoms with Crippen molar-refractivity contribution in [2.45, 2.75) is 26.4 Å². The number of nitrogens with zero attached hydrogens (tertiary/aromatic N) is 1. The second-order valence-corrected chi connectivity index (χ2v) is 7.72. The molecule has 0 atom stereocenters. The molecule has 0 aliphatic heterocycles. The van der Waals surface area contributed by atoms with Crippen molar-refractivity contribution >= 4 is 49.6 Å². The minimum atomic E-state index is -0.559. The number of rotatable bonds is 1. The molecule has 0 amide bonds. The van der Waals surface area contributed by atoms with Gasteiger partial charge in [0.1, 0.15) is 5.60 Å². The van der Waals surface area contributed by atoms with Crippen LogP contribution in [0.1, 0.15) is 20.8 Å². The Kier molecular flexibility index (Phi) is 4.85. The molecule has 112 valence electrons. The monoisotopic (exact) mass is 433 g/mol. The molecule has 0 N–H and O–H groups in total. The molecule has 1 aromatic heterocycles. The molecule has 0 aliphatic carbocycles. The molecule has 2 aromatic rings. The summed E-state index contributed by atoms with van der Waals surface area (Å²) in [5.74, 6) is 0. The van der Waals surface area contributed by atoms with Gasteiger partial charge in [0.05, 0.1) is 5.69 Å². The minimum Gasteiger partial charge on any atom is -0.443 e. The summed E-state index contributed by atoms with van der Waals surface area (Å²) in [6, 6.07) is 7.28. The standard InChI is InChI=1S/C15H14Br2ClNO2/c1-15(2,3)21-14(20)19-8-9(16)6-13(19)11-7-10(18)4-5-12(11)17/h4-8H,1-3H3. The maximum absolute atomic E-state index is 12.3. The van der Waals surface area contributed by atoms with Crippen LogP contribution in [0.4, 0.5) is 4.79 Å². The summed E-state index contributed by atoms with van der Waals surface area (Å²) in [6.07, 6.45) is 1.24. The maximum Gasteiger partial charge on any atom is 0.419 e. The maximum atomic E-state index is 12.3. The van der Waals surface area contributed by atoms with Gasteiger partial charge in [0, 0.05) is 25.7 Å². The molecule has 6 heteroatoms. The van der Waals surface area contributed by atoms with Crippen LogP contribution in [-0.4, -0.2) is 16.3 Å². The highest BCUT2D eigenvalue weighted by Gasteiger charge is 2.21. The molecule has 0 saturated heterocycles. The van der Waals surface area contributed by atoms with E-state index in [9.17, 15) is 4.79 Å². The van der Waals surface area contributed by atoms with E-state index in [1.54, 1.807) is 18.3 Å². The van der Waals surface area contributed by atoms with Crippen LogP contribution in [-0.2, 0) is 4.74 Å². The molecular weight excluding hydrogens is 421 g/mol. The van der Waals surface area contributed by atoms with Crippen LogP contribution in [0.2, 0.25) is 5.02 Å². The van der Waals surface area contributed by atoms with Gasteiger partial charge in [-0.15, -0.1) is 0 Å². The van der Waals surface area contributed by atoms with E-state index in [0.717, 1.165) is 14.5 Å². The quantitative estimate of drug-likeness (QED) is 0.541. The van der Waals surface area contributed by atoms with Gasteiger partial charge in [0.25, 0.3) is 0 Å². The number of aromatic nitrogens is 1. The summed E-state index contributed by atoms with van der Waals surface area (Å²) < 4.78 is 8.52. The first-order valence-corrected chi connectivity index (χ1v) is 8.20. The second kappa shape index (κ2) is 6.15. The van der Waals surface area contributed by atoms with Crippen LogP contribution in [0, 0.1) is 0 Å². The van der Waals surface area contributed by atoms with Crippen molar-refractivity contribution in [2.75, 3.05) is 0 Å². The van der Waals surface area contributed by atoms with Crippen molar-refractivity contribution in [3.8, 4) is 11.3 Å². The van der Waals surface area contributed by atoms with Gasteiger partial charge in [0.15, 0.2) is 0 Å². The highest BCUT2D eigenvalue weighted by molar-refractivity contribution is 9.10. The first-order valence-electron chi connectivity index (χ1n) is 6.24. The number of benzene rings is 1. The topological polar surface area (TPSA) is 31.2 Å². The Morgan fingerprint density at radius 3 is 2.52 bits per heavy atom. The zero-order valence-electron chi connectivity index (χ0n) is 11.8. The Balaban J connectivity index is 2.51. The molecular formula is C15H14Br2ClNO2. The number of carbonyl (C=O) groups excluding carboxylic acids is 1. The van der Waals surface area contributed by atoms with E-state index < -0.39 is 11.7 Å². The molecule has 0 fully saturated rings. The van der Waals surface area contributed by atoms with Crippen molar-refractivity contribution < 1.29 is 9.53 Å². The van der Waals surface area contributed by atoms with E-state index in [1.807, 2.05) is 32.9 Å². The lowest BCUT2D eigenvalue weighted by Gasteiger charge is -2.20. The summed E-state index contributed by atoms with van der Waals surface area (Å²) in [5, 5.41) is 0.598. The third-order valence-corrected chi connectivity index (χ3v) is 3.94. The number of ether oxygens (including phenoxy) is 1. The van der Waals surface area contributed by atoms with Crippen LogP contribution < -0.4 is 0 Å². The number of hydrogen-bond acceptors (Lipinski definition) is 2. The highest BCUT2D eigenvalue weighted by Crippen LogP contribution is 2.33. The van der Waals surface area contributed by atoms with Crippen LogP contribution in [0.15, 0.2) is 39.4 Å². The molecule has 0 bridgehead atoms. The average Bonchev–Trinajstić information content (AvgIpc) is 2.72. The minimum absolute atomic E-state index is 0.435. The number of halogens is 3. The molecule has 21 heavy (non-hydrogen) atoms. The van der Waals surface area contributed by atoms with E-state index in [0.29, 0.717) is 10.7 Å². The van der Waals surface area contributed by atoms with Gasteiger partial charge in [-0.1, -0.05) is 27.5 Å². The Morgan fingerprint density at radius 2 is 1.90 bits per heavy atom. The number of carbonyl (C=O) groups is 1. The average molecular weight is 436 g/mol. The fourth-order valence-corrected chi connectivity index (χ4v) is 2.84. The first-order chi connectivity index (χ1) is 9.67. The van der Waals surface area contributed by atoms with E-state index in [4.69, 9.17) is 16.3 Å². The Hall–Kier alpha value is -0.780. The van der Waals surface area contributed by atoms with E-state index in [2.05, 4.69) is 31.9 Å². The predicted molar refractivity (Wildman–Crippen MR) is 91.9 cm³/mol. The zero-order chi connectivity index (χ0) is 15.8. The normalized spacial score (nSPS) is 11.5. The van der Waals surface area contributed by atoms with Crippen molar-refractivity contribution in [3.63, 3.8) is 0 Å². The van der Waals surface area contributed by atoms with Gasteiger partial charge >= 0.3 is 6.09 Å². The zero-order valence-corrected chi connectivity index (χ0v) is 15.7. The van der Waals surface area contributed by atoms with E-state index in [1.165, 1.54) is 4.57 Å². The molecule has 2 rings (SSSR count).